The summed E-state index contributed by atoms with van der Waals surface area (Å²) in [4.78, 5) is 21.6. The van der Waals surface area contributed by atoms with Crippen molar-refractivity contribution >= 4 is 11.9 Å². The van der Waals surface area contributed by atoms with Gasteiger partial charge in [0.15, 0.2) is 0 Å². The van der Waals surface area contributed by atoms with Crippen LogP contribution in [0.5, 0.6) is 0 Å². The van der Waals surface area contributed by atoms with Gasteiger partial charge in [-0.3, -0.25) is 9.59 Å². The molecule has 0 fully saturated rings. The number of hydrogen-bond donors (Lipinski definition) is 0. The minimum absolute atomic E-state index is 0.0325. The van der Waals surface area contributed by atoms with Crippen molar-refractivity contribution in [3.05, 3.63) is 0 Å². The monoisotopic (exact) mass is 224 g/mol. The summed E-state index contributed by atoms with van der Waals surface area (Å²) in [5.41, 5.74) is 0. The van der Waals surface area contributed by atoms with Crippen LogP contribution in [-0.2, 0) is 19.1 Å². The molecule has 0 aliphatic carbocycles. The highest BCUT2D eigenvalue weighted by molar-refractivity contribution is 5.72. The summed E-state index contributed by atoms with van der Waals surface area (Å²) in [5, 5.41) is 0. The van der Waals surface area contributed by atoms with Crippen molar-refractivity contribution in [2.24, 2.45) is 0 Å². The van der Waals surface area contributed by atoms with Crippen LogP contribution in [0.1, 0.15) is 19.3 Å². The van der Waals surface area contributed by atoms with Crippen LogP contribution in [0.4, 0.5) is 8.78 Å². The Morgan fingerprint density at radius 1 is 0.867 bits per heavy atom. The van der Waals surface area contributed by atoms with Gasteiger partial charge < -0.3 is 9.47 Å². The summed E-state index contributed by atoms with van der Waals surface area (Å²) in [7, 11) is 0. The first kappa shape index (κ1) is 13.8. The van der Waals surface area contributed by atoms with Gasteiger partial charge in [0.05, 0.1) is 0 Å². The number of esters is 2. The van der Waals surface area contributed by atoms with Gasteiger partial charge in [0.2, 0.25) is 0 Å². The van der Waals surface area contributed by atoms with Crippen LogP contribution in [0.2, 0.25) is 0 Å². The maximum atomic E-state index is 11.6. The summed E-state index contributed by atoms with van der Waals surface area (Å²) in [6.07, 6.45) is 0.325. The molecule has 6 heteroatoms. The molecule has 88 valence electrons. The van der Waals surface area contributed by atoms with Crippen molar-refractivity contribution in [1.82, 2.24) is 0 Å². The van der Waals surface area contributed by atoms with Crippen molar-refractivity contribution in [2.45, 2.75) is 19.3 Å². The molecule has 0 radical (unpaired) electrons. The van der Waals surface area contributed by atoms with Crippen molar-refractivity contribution < 1.29 is 27.8 Å². The number of alkyl halides is 2. The number of halogens is 2. The van der Waals surface area contributed by atoms with E-state index < -0.39 is 25.3 Å². The predicted molar refractivity (Wildman–Crippen MR) is 47.7 cm³/mol. The van der Waals surface area contributed by atoms with E-state index >= 15 is 0 Å². The molecule has 0 N–H and O–H groups in total. The van der Waals surface area contributed by atoms with Crippen molar-refractivity contribution in [3.8, 4) is 0 Å². The molecule has 0 aromatic rings. The third kappa shape index (κ3) is 9.11. The summed E-state index contributed by atoms with van der Waals surface area (Å²) >= 11 is 0. The average Bonchev–Trinajstić information content (AvgIpc) is 2.23. The van der Waals surface area contributed by atoms with E-state index in [1.807, 2.05) is 0 Å². The minimum atomic E-state index is -0.718. The molecule has 0 saturated carbocycles. The van der Waals surface area contributed by atoms with E-state index in [0.717, 1.165) is 0 Å². The fourth-order valence-corrected chi connectivity index (χ4v) is 0.826. The van der Waals surface area contributed by atoms with Crippen LogP contribution in [0.3, 0.4) is 0 Å². The van der Waals surface area contributed by atoms with Crippen molar-refractivity contribution in [2.75, 3.05) is 26.6 Å². The zero-order chi connectivity index (χ0) is 11.5. The Morgan fingerprint density at radius 2 is 1.27 bits per heavy atom. The first-order valence-electron chi connectivity index (χ1n) is 4.64. The van der Waals surface area contributed by atoms with Gasteiger partial charge >= 0.3 is 11.9 Å². The Morgan fingerprint density at radius 3 is 1.60 bits per heavy atom. The standard InChI is InChI=1S/C9H14F2O4/c10-4-6-14-8(12)2-1-3-9(13)15-7-5-11/h1-7H2. The second kappa shape index (κ2) is 9.36. The van der Waals surface area contributed by atoms with E-state index in [-0.39, 0.29) is 32.5 Å². The lowest BCUT2D eigenvalue weighted by Gasteiger charge is -2.02. The molecule has 0 atom stereocenters. The van der Waals surface area contributed by atoms with E-state index in [0.29, 0.717) is 0 Å². The largest absolute Gasteiger partial charge is 0.463 e. The lowest BCUT2D eigenvalue weighted by Crippen LogP contribution is -2.10. The lowest BCUT2D eigenvalue weighted by molar-refractivity contribution is -0.145. The molecule has 0 spiro atoms. The fourth-order valence-electron chi connectivity index (χ4n) is 0.826. The Hall–Kier alpha value is -1.20. The Bertz CT molecular complexity index is 177. The summed E-state index contributed by atoms with van der Waals surface area (Å²) < 4.78 is 32.0. The molecule has 0 saturated heterocycles. The van der Waals surface area contributed by atoms with Crippen LogP contribution >= 0.6 is 0 Å². The number of carbonyl (C=O) groups is 2. The first-order valence-corrected chi connectivity index (χ1v) is 4.64. The maximum absolute atomic E-state index is 11.6. The average molecular weight is 224 g/mol. The molecular formula is C9H14F2O4. The molecule has 0 amide bonds. The van der Waals surface area contributed by atoms with E-state index in [9.17, 15) is 18.4 Å². The minimum Gasteiger partial charge on any atom is -0.463 e. The molecule has 0 aliphatic rings. The SMILES string of the molecule is O=C(CCCC(=O)OCCF)OCCF. The van der Waals surface area contributed by atoms with E-state index in [1.54, 1.807) is 0 Å². The third-order valence-corrected chi connectivity index (χ3v) is 1.44. The second-order valence-corrected chi connectivity index (χ2v) is 2.67. The van der Waals surface area contributed by atoms with Gasteiger partial charge in [0, 0.05) is 12.8 Å². The number of carbonyl (C=O) groups excluding carboxylic acids is 2. The normalized spacial score (nSPS) is 9.73. The van der Waals surface area contributed by atoms with Crippen LogP contribution < -0.4 is 0 Å². The van der Waals surface area contributed by atoms with Gasteiger partial charge in [-0.1, -0.05) is 0 Å². The van der Waals surface area contributed by atoms with Gasteiger partial charge in [0.1, 0.15) is 26.6 Å². The maximum Gasteiger partial charge on any atom is 0.305 e. The number of ether oxygens (including phenoxy) is 2. The van der Waals surface area contributed by atoms with Gasteiger partial charge in [-0.15, -0.1) is 0 Å². The highest BCUT2D eigenvalue weighted by atomic mass is 19.1. The van der Waals surface area contributed by atoms with Crippen LogP contribution in [0, 0.1) is 0 Å². The van der Waals surface area contributed by atoms with Crippen molar-refractivity contribution in [1.29, 1.82) is 0 Å². The number of hydrogen-bond acceptors (Lipinski definition) is 4. The lowest BCUT2D eigenvalue weighted by atomic mass is 10.2. The van der Waals surface area contributed by atoms with E-state index in [1.165, 1.54) is 0 Å². The molecule has 0 aromatic carbocycles. The molecule has 15 heavy (non-hydrogen) atoms. The molecule has 0 aliphatic heterocycles. The van der Waals surface area contributed by atoms with Crippen molar-refractivity contribution in [3.63, 3.8) is 0 Å². The summed E-state index contributed by atoms with van der Waals surface area (Å²) in [6, 6.07) is 0. The van der Waals surface area contributed by atoms with E-state index in [4.69, 9.17) is 0 Å². The molecule has 0 aromatic heterocycles. The van der Waals surface area contributed by atoms with Gasteiger partial charge in [0.25, 0.3) is 0 Å². The highest BCUT2D eigenvalue weighted by Gasteiger charge is 2.06. The van der Waals surface area contributed by atoms with Gasteiger partial charge in [-0.25, -0.2) is 8.78 Å². The zero-order valence-corrected chi connectivity index (χ0v) is 8.34. The zero-order valence-electron chi connectivity index (χ0n) is 8.34. The van der Waals surface area contributed by atoms with Crippen LogP contribution in [0.25, 0.3) is 0 Å². The smallest absolute Gasteiger partial charge is 0.305 e. The van der Waals surface area contributed by atoms with Crippen LogP contribution in [0.15, 0.2) is 0 Å². The predicted octanol–water partition coefficient (Wildman–Crippen LogP) is 1.18. The Balaban J connectivity index is 3.36. The molecule has 0 bridgehead atoms. The topological polar surface area (TPSA) is 52.6 Å². The molecule has 4 nitrogen and oxygen atoms in total. The Kier molecular flexibility index (Phi) is 8.61. The molecular weight excluding hydrogens is 210 g/mol. The van der Waals surface area contributed by atoms with Crippen LogP contribution in [-0.4, -0.2) is 38.5 Å². The molecule has 0 heterocycles. The van der Waals surface area contributed by atoms with E-state index in [2.05, 4.69) is 9.47 Å². The molecule has 0 unspecified atom stereocenters. The quantitative estimate of drug-likeness (QED) is 0.581. The summed E-state index contributed by atoms with van der Waals surface area (Å²) in [5.74, 6) is -1.10. The van der Waals surface area contributed by atoms with Gasteiger partial charge in [-0.05, 0) is 6.42 Å². The summed E-state index contributed by atoms with van der Waals surface area (Å²) in [6.45, 7) is -1.95. The third-order valence-electron chi connectivity index (χ3n) is 1.44. The Labute approximate surface area is 86.5 Å². The number of rotatable bonds is 8. The fraction of sp³-hybridized carbons (Fsp3) is 0.778. The highest BCUT2D eigenvalue weighted by Crippen LogP contribution is 1.99. The second-order valence-electron chi connectivity index (χ2n) is 2.67. The molecule has 0 rings (SSSR count). The first-order chi connectivity index (χ1) is 7.20. The van der Waals surface area contributed by atoms with Gasteiger partial charge in [-0.2, -0.15) is 0 Å².